The molecule has 3 heteroatoms. The summed E-state index contributed by atoms with van der Waals surface area (Å²) in [5.74, 6) is 0. The van der Waals surface area contributed by atoms with Gasteiger partial charge in [-0.25, -0.2) is 0 Å². The van der Waals surface area contributed by atoms with Crippen molar-refractivity contribution in [3.8, 4) is 0 Å². The van der Waals surface area contributed by atoms with Crippen LogP contribution in [0.25, 0.3) is 0 Å². The lowest BCUT2D eigenvalue weighted by molar-refractivity contribution is 0.252. The molecule has 0 amide bonds. The summed E-state index contributed by atoms with van der Waals surface area (Å²) in [5, 5.41) is 8.13. The van der Waals surface area contributed by atoms with Gasteiger partial charge in [0.2, 0.25) is 0 Å². The topological polar surface area (TPSA) is 29.5 Å². The third-order valence-electron chi connectivity index (χ3n) is 0.337. The molecule has 0 saturated carbocycles. The lowest BCUT2D eigenvalue weighted by Gasteiger charge is -1.87. The second-order valence-corrected chi connectivity index (χ2v) is 1.75. The number of hydrogen-bond acceptors (Lipinski definition) is 2. The number of methoxy groups -OCH3 is 1. The SMILES string of the molecule is CCC(O)Cl.COC. The highest BCUT2D eigenvalue weighted by Gasteiger charge is 1.85. The Hall–Kier alpha value is 0.210. The molecule has 0 aliphatic rings. The summed E-state index contributed by atoms with van der Waals surface area (Å²) in [5.41, 5.74) is -0.644. The van der Waals surface area contributed by atoms with Crippen molar-refractivity contribution in [3.05, 3.63) is 0 Å². The van der Waals surface area contributed by atoms with Crippen LogP contribution in [0.3, 0.4) is 0 Å². The van der Waals surface area contributed by atoms with E-state index in [0.717, 1.165) is 0 Å². The predicted molar refractivity (Wildman–Crippen MR) is 35.1 cm³/mol. The van der Waals surface area contributed by atoms with Gasteiger partial charge in [-0.05, 0) is 6.42 Å². The van der Waals surface area contributed by atoms with Crippen molar-refractivity contribution in [2.45, 2.75) is 18.9 Å². The molecule has 1 atom stereocenters. The normalized spacial score (nSPS) is 11.6. The van der Waals surface area contributed by atoms with E-state index in [2.05, 4.69) is 4.74 Å². The van der Waals surface area contributed by atoms with E-state index in [1.54, 1.807) is 14.2 Å². The minimum absolute atomic E-state index is 0.627. The Kier molecular flexibility index (Phi) is 14.2. The first-order valence-corrected chi connectivity index (χ1v) is 2.84. The lowest BCUT2D eigenvalue weighted by atomic mass is 10.5. The Morgan fingerprint density at radius 2 is 1.75 bits per heavy atom. The van der Waals surface area contributed by atoms with Gasteiger partial charge in [-0.15, -0.1) is 0 Å². The molecule has 52 valence electrons. The molecule has 0 heterocycles. The zero-order valence-electron chi connectivity index (χ0n) is 5.52. The number of aliphatic hydroxyl groups excluding tert-OH is 1. The molecule has 8 heavy (non-hydrogen) atoms. The zero-order valence-corrected chi connectivity index (χ0v) is 6.27. The summed E-state index contributed by atoms with van der Waals surface area (Å²) >= 11 is 5.02. The van der Waals surface area contributed by atoms with E-state index in [1.807, 2.05) is 6.92 Å². The van der Waals surface area contributed by atoms with E-state index in [0.29, 0.717) is 6.42 Å². The van der Waals surface area contributed by atoms with E-state index < -0.39 is 5.56 Å². The van der Waals surface area contributed by atoms with Crippen molar-refractivity contribution >= 4 is 11.6 Å². The van der Waals surface area contributed by atoms with Crippen LogP contribution in [0.5, 0.6) is 0 Å². The van der Waals surface area contributed by atoms with Crippen LogP contribution >= 0.6 is 11.6 Å². The third kappa shape index (κ3) is 34.5. The first kappa shape index (κ1) is 11.1. The van der Waals surface area contributed by atoms with Crippen LogP contribution in [0.15, 0.2) is 0 Å². The van der Waals surface area contributed by atoms with Gasteiger partial charge in [0.1, 0.15) is 5.56 Å². The molecule has 0 aromatic carbocycles. The molecule has 0 radical (unpaired) electrons. The average Bonchev–Trinajstić information content (AvgIpc) is 1.69. The van der Waals surface area contributed by atoms with Crippen LogP contribution < -0.4 is 0 Å². The molecule has 0 saturated heterocycles. The van der Waals surface area contributed by atoms with Crippen molar-refractivity contribution in [3.63, 3.8) is 0 Å². The summed E-state index contributed by atoms with van der Waals surface area (Å²) in [6.07, 6.45) is 0.627. The molecule has 2 nitrogen and oxygen atoms in total. The fourth-order valence-corrected chi connectivity index (χ4v) is 0. The average molecular weight is 141 g/mol. The number of aliphatic hydroxyl groups is 1. The first-order chi connectivity index (χ1) is 3.68. The quantitative estimate of drug-likeness (QED) is 0.555. The van der Waals surface area contributed by atoms with Crippen LogP contribution in [0, 0.1) is 0 Å². The Morgan fingerprint density at radius 3 is 1.75 bits per heavy atom. The standard InChI is InChI=1S/C3H7ClO.C2H6O/c1-2-3(4)5;1-3-2/h3,5H,2H2,1H3;1-2H3. The van der Waals surface area contributed by atoms with Crippen LogP contribution in [-0.4, -0.2) is 24.9 Å². The van der Waals surface area contributed by atoms with E-state index in [-0.39, 0.29) is 0 Å². The molecule has 0 fully saturated rings. The zero-order chi connectivity index (χ0) is 6.99. The number of hydrogen-bond donors (Lipinski definition) is 1. The van der Waals surface area contributed by atoms with E-state index in [1.165, 1.54) is 0 Å². The van der Waals surface area contributed by atoms with Gasteiger partial charge in [0.25, 0.3) is 0 Å². The molecule has 0 aliphatic heterocycles. The van der Waals surface area contributed by atoms with Crippen LogP contribution in [0.2, 0.25) is 0 Å². The molecule has 0 aromatic heterocycles. The number of rotatable bonds is 1. The fourth-order valence-electron chi connectivity index (χ4n) is 0. The monoisotopic (exact) mass is 140 g/mol. The molecular weight excluding hydrogens is 128 g/mol. The van der Waals surface area contributed by atoms with Gasteiger partial charge in [-0.1, -0.05) is 18.5 Å². The van der Waals surface area contributed by atoms with E-state index in [4.69, 9.17) is 16.7 Å². The lowest BCUT2D eigenvalue weighted by Crippen LogP contribution is -1.88. The van der Waals surface area contributed by atoms with Gasteiger partial charge in [-0.3, -0.25) is 0 Å². The van der Waals surface area contributed by atoms with Gasteiger partial charge in [0.05, 0.1) is 0 Å². The number of alkyl halides is 1. The predicted octanol–water partition coefficient (Wildman–Crippen LogP) is 1.22. The number of halogens is 1. The van der Waals surface area contributed by atoms with E-state index >= 15 is 0 Å². The largest absolute Gasteiger partial charge is 0.388 e. The fraction of sp³-hybridized carbons (Fsp3) is 1.00. The summed E-state index contributed by atoms with van der Waals surface area (Å²) in [7, 11) is 3.25. The molecular formula is C5H13ClO2. The highest BCUT2D eigenvalue weighted by Crippen LogP contribution is 1.91. The van der Waals surface area contributed by atoms with Crippen LogP contribution in [0.1, 0.15) is 13.3 Å². The van der Waals surface area contributed by atoms with Gasteiger partial charge in [-0.2, -0.15) is 0 Å². The van der Waals surface area contributed by atoms with Crippen molar-refractivity contribution in [2.24, 2.45) is 0 Å². The number of ether oxygens (including phenoxy) is 1. The Labute approximate surface area is 55.4 Å². The Balaban J connectivity index is 0. The molecule has 0 spiro atoms. The highest BCUT2D eigenvalue weighted by molar-refractivity contribution is 6.19. The second kappa shape index (κ2) is 10.2. The maximum atomic E-state index is 8.13. The van der Waals surface area contributed by atoms with E-state index in [9.17, 15) is 0 Å². The van der Waals surface area contributed by atoms with Crippen LogP contribution in [-0.2, 0) is 4.74 Å². The van der Waals surface area contributed by atoms with Gasteiger partial charge in [0.15, 0.2) is 0 Å². The van der Waals surface area contributed by atoms with Crippen molar-refractivity contribution < 1.29 is 9.84 Å². The van der Waals surface area contributed by atoms with Gasteiger partial charge < -0.3 is 9.84 Å². The van der Waals surface area contributed by atoms with Crippen molar-refractivity contribution in [1.82, 2.24) is 0 Å². The Bertz CT molecular complexity index is 31.6. The maximum Gasteiger partial charge on any atom is 0.127 e. The minimum Gasteiger partial charge on any atom is -0.388 e. The smallest absolute Gasteiger partial charge is 0.127 e. The molecule has 0 bridgehead atoms. The second-order valence-electron chi connectivity index (χ2n) is 1.25. The molecule has 0 aliphatic carbocycles. The highest BCUT2D eigenvalue weighted by atomic mass is 35.5. The first-order valence-electron chi connectivity index (χ1n) is 2.41. The van der Waals surface area contributed by atoms with Gasteiger partial charge >= 0.3 is 0 Å². The molecule has 0 aromatic rings. The summed E-state index contributed by atoms with van der Waals surface area (Å²) in [4.78, 5) is 0. The summed E-state index contributed by atoms with van der Waals surface area (Å²) < 4.78 is 4.25. The van der Waals surface area contributed by atoms with Gasteiger partial charge in [0, 0.05) is 14.2 Å². The molecule has 1 unspecified atom stereocenters. The molecule has 1 N–H and O–H groups in total. The summed E-state index contributed by atoms with van der Waals surface area (Å²) in [6.45, 7) is 1.82. The summed E-state index contributed by atoms with van der Waals surface area (Å²) in [6, 6.07) is 0. The molecule has 0 rings (SSSR count). The van der Waals surface area contributed by atoms with Crippen molar-refractivity contribution in [1.29, 1.82) is 0 Å². The minimum atomic E-state index is -0.644. The maximum absolute atomic E-state index is 8.13. The third-order valence-corrected chi connectivity index (χ3v) is 0.645. The van der Waals surface area contributed by atoms with Crippen LogP contribution in [0.4, 0.5) is 0 Å². The van der Waals surface area contributed by atoms with Crippen molar-refractivity contribution in [2.75, 3.05) is 14.2 Å². The Morgan fingerprint density at radius 1 is 1.62 bits per heavy atom.